The second-order valence-electron chi connectivity index (χ2n) is 4.81. The third kappa shape index (κ3) is 3.01. The molecule has 0 aromatic carbocycles. The first-order chi connectivity index (χ1) is 7.68. The molecular formula is C11H22N2OS2. The van der Waals surface area contributed by atoms with Crippen LogP contribution in [0.4, 0.5) is 0 Å². The number of piperazine rings is 1. The average Bonchev–Trinajstić information content (AvgIpc) is 2.30. The van der Waals surface area contributed by atoms with E-state index in [1.807, 2.05) is 0 Å². The zero-order chi connectivity index (χ0) is 11.5. The van der Waals surface area contributed by atoms with E-state index in [2.05, 4.69) is 15.5 Å². The fraction of sp³-hybridized carbons (Fsp3) is 1.00. The zero-order valence-electron chi connectivity index (χ0n) is 9.97. The maximum absolute atomic E-state index is 10.0. The maximum Gasteiger partial charge on any atom is 0.0695 e. The van der Waals surface area contributed by atoms with Crippen molar-refractivity contribution in [3.8, 4) is 0 Å². The van der Waals surface area contributed by atoms with E-state index >= 15 is 0 Å². The summed E-state index contributed by atoms with van der Waals surface area (Å²) >= 11 is 5.30. The molecule has 1 aliphatic carbocycles. The Morgan fingerprint density at radius 1 is 1.12 bits per heavy atom. The summed E-state index contributed by atoms with van der Waals surface area (Å²) in [5.41, 5.74) is 0. The van der Waals surface area contributed by atoms with Gasteiger partial charge in [0.15, 0.2) is 0 Å². The molecule has 1 aliphatic heterocycles. The molecule has 1 saturated carbocycles. The van der Waals surface area contributed by atoms with Crippen LogP contribution in [0.2, 0.25) is 0 Å². The van der Waals surface area contributed by atoms with Crippen LogP contribution in [0.25, 0.3) is 0 Å². The molecule has 2 rings (SSSR count). The molecule has 3 unspecified atom stereocenters. The molecular weight excluding hydrogens is 240 g/mol. The lowest BCUT2D eigenvalue weighted by Crippen LogP contribution is -2.54. The monoisotopic (exact) mass is 262 g/mol. The van der Waals surface area contributed by atoms with E-state index in [1.54, 1.807) is 0 Å². The Morgan fingerprint density at radius 2 is 1.75 bits per heavy atom. The smallest absolute Gasteiger partial charge is 0.0695 e. The van der Waals surface area contributed by atoms with Gasteiger partial charge in [-0.15, -0.1) is 0 Å². The number of aliphatic hydroxyl groups is 1. The predicted octanol–water partition coefficient (Wildman–Crippen LogP) is 0.532. The van der Waals surface area contributed by atoms with E-state index in [1.165, 1.54) is 19.3 Å². The van der Waals surface area contributed by atoms with Crippen LogP contribution in [0.5, 0.6) is 0 Å². The second-order valence-corrected chi connectivity index (χ2v) is 7.62. The van der Waals surface area contributed by atoms with Crippen molar-refractivity contribution in [3.63, 3.8) is 0 Å². The Bertz CT molecular complexity index is 254. The molecule has 1 N–H and O–H groups in total. The van der Waals surface area contributed by atoms with E-state index in [9.17, 15) is 5.11 Å². The van der Waals surface area contributed by atoms with Crippen molar-refractivity contribution in [2.75, 3.05) is 32.4 Å². The highest BCUT2D eigenvalue weighted by Gasteiger charge is 2.30. The number of hydrogen-bond acceptors (Lipinski definition) is 3. The van der Waals surface area contributed by atoms with Gasteiger partial charge in [0.1, 0.15) is 0 Å². The summed E-state index contributed by atoms with van der Waals surface area (Å²) in [7, 11) is -0.00313. The van der Waals surface area contributed by atoms with Crippen molar-refractivity contribution in [1.29, 1.82) is 0 Å². The molecule has 5 heteroatoms. The lowest BCUT2D eigenvalue weighted by molar-refractivity contribution is 0.00721. The molecule has 2 fully saturated rings. The van der Waals surface area contributed by atoms with Crippen molar-refractivity contribution in [2.45, 2.75) is 37.8 Å². The third-order valence-corrected chi connectivity index (χ3v) is 5.52. The van der Waals surface area contributed by atoms with Gasteiger partial charge in [-0.2, -0.15) is 0 Å². The first kappa shape index (κ1) is 12.9. The van der Waals surface area contributed by atoms with E-state index in [4.69, 9.17) is 11.2 Å². The fourth-order valence-electron chi connectivity index (χ4n) is 2.81. The summed E-state index contributed by atoms with van der Waals surface area (Å²) in [6, 6.07) is 0.416. The average molecular weight is 262 g/mol. The van der Waals surface area contributed by atoms with Crippen LogP contribution in [0.3, 0.4) is 0 Å². The lowest BCUT2D eigenvalue weighted by Gasteiger charge is -2.42. The van der Waals surface area contributed by atoms with Crippen molar-refractivity contribution >= 4 is 20.8 Å². The second kappa shape index (κ2) is 5.87. The Kier molecular flexibility index (Phi) is 4.73. The van der Waals surface area contributed by atoms with Crippen molar-refractivity contribution in [3.05, 3.63) is 0 Å². The minimum atomic E-state index is -0.0938. The Balaban J connectivity index is 1.85. The molecule has 0 bridgehead atoms. The largest absolute Gasteiger partial charge is 0.391 e. The highest BCUT2D eigenvalue weighted by molar-refractivity contribution is 8.27. The summed E-state index contributed by atoms with van der Waals surface area (Å²) < 4.78 is 2.38. The Labute approximate surface area is 106 Å². The number of nitrogens with zero attached hydrogens (tertiary/aromatic N) is 2. The molecule has 94 valence electrons. The highest BCUT2D eigenvalue weighted by atomic mass is 32.8. The third-order valence-electron chi connectivity index (χ3n) is 3.80. The minimum Gasteiger partial charge on any atom is -0.391 e. The van der Waals surface area contributed by atoms with Crippen LogP contribution >= 0.6 is 0 Å². The van der Waals surface area contributed by atoms with Crippen molar-refractivity contribution < 1.29 is 5.11 Å². The van der Waals surface area contributed by atoms with Gasteiger partial charge < -0.3 is 5.11 Å². The maximum atomic E-state index is 10.0. The van der Waals surface area contributed by atoms with Gasteiger partial charge in [-0.1, -0.05) is 22.5 Å². The van der Waals surface area contributed by atoms with E-state index < -0.39 is 0 Å². The standard InChI is InChI=1S/C11H22N2OS2/c1-16(15)13-8-6-12(7-9-13)10-4-2-3-5-11(10)14/h10-11,14H,2-9H2,1H3. The van der Waals surface area contributed by atoms with E-state index in [0.29, 0.717) is 6.04 Å². The Hall–Kier alpha value is 0.450. The summed E-state index contributed by atoms with van der Waals surface area (Å²) in [5.74, 6) is 0. The summed E-state index contributed by atoms with van der Waals surface area (Å²) in [5, 5.41) is 10.0. The number of hydrogen-bond donors (Lipinski definition) is 1. The normalized spacial score (nSPS) is 36.1. The van der Waals surface area contributed by atoms with Crippen LogP contribution in [-0.2, 0) is 20.8 Å². The van der Waals surface area contributed by atoms with Gasteiger partial charge in [-0.3, -0.25) is 4.90 Å². The quantitative estimate of drug-likeness (QED) is 0.785. The molecule has 0 amide bonds. The first-order valence-corrected chi connectivity index (χ1v) is 8.70. The van der Waals surface area contributed by atoms with Crippen molar-refractivity contribution in [2.24, 2.45) is 0 Å². The SMILES string of the molecule is CS(=S)N1CCN(C2CCCCC2O)CC1. The summed E-state index contributed by atoms with van der Waals surface area (Å²) in [6.07, 6.45) is 6.66. The zero-order valence-corrected chi connectivity index (χ0v) is 11.6. The minimum absolute atomic E-state index is 0.00313. The molecule has 16 heavy (non-hydrogen) atoms. The van der Waals surface area contributed by atoms with Crippen LogP contribution in [0.1, 0.15) is 25.7 Å². The van der Waals surface area contributed by atoms with E-state index in [0.717, 1.165) is 32.6 Å². The fourth-order valence-corrected chi connectivity index (χ4v) is 3.93. The van der Waals surface area contributed by atoms with Gasteiger partial charge in [0, 0.05) is 38.5 Å². The molecule has 1 heterocycles. The predicted molar refractivity (Wildman–Crippen MR) is 72.1 cm³/mol. The number of aliphatic hydroxyl groups excluding tert-OH is 1. The van der Waals surface area contributed by atoms with Crippen LogP contribution in [0.15, 0.2) is 0 Å². The molecule has 0 radical (unpaired) electrons. The topological polar surface area (TPSA) is 26.7 Å². The molecule has 0 spiro atoms. The summed E-state index contributed by atoms with van der Waals surface area (Å²) in [6.45, 7) is 4.31. The van der Waals surface area contributed by atoms with Gasteiger partial charge in [-0.25, -0.2) is 4.31 Å². The van der Waals surface area contributed by atoms with Gasteiger partial charge in [0.05, 0.1) is 6.10 Å². The van der Waals surface area contributed by atoms with Crippen molar-refractivity contribution in [1.82, 2.24) is 9.21 Å². The van der Waals surface area contributed by atoms with E-state index in [-0.39, 0.29) is 15.7 Å². The molecule has 1 saturated heterocycles. The molecule has 2 aliphatic rings. The molecule has 0 aromatic rings. The lowest BCUT2D eigenvalue weighted by atomic mass is 9.91. The van der Waals surface area contributed by atoms with Crippen LogP contribution < -0.4 is 0 Å². The van der Waals surface area contributed by atoms with Gasteiger partial charge >= 0.3 is 0 Å². The van der Waals surface area contributed by atoms with Gasteiger partial charge in [-0.05, 0) is 24.0 Å². The first-order valence-electron chi connectivity index (χ1n) is 6.19. The van der Waals surface area contributed by atoms with Gasteiger partial charge in [0.2, 0.25) is 0 Å². The highest BCUT2D eigenvalue weighted by Crippen LogP contribution is 2.24. The van der Waals surface area contributed by atoms with Crippen LogP contribution in [-0.4, -0.2) is 58.9 Å². The number of rotatable bonds is 2. The molecule has 3 nitrogen and oxygen atoms in total. The molecule has 0 aromatic heterocycles. The Morgan fingerprint density at radius 3 is 2.31 bits per heavy atom. The molecule has 3 atom stereocenters. The van der Waals surface area contributed by atoms with Crippen LogP contribution in [0, 0.1) is 0 Å². The van der Waals surface area contributed by atoms with Gasteiger partial charge in [0.25, 0.3) is 0 Å². The summed E-state index contributed by atoms with van der Waals surface area (Å²) in [4.78, 5) is 2.47.